The molecule has 5 nitrogen and oxygen atoms in total. The molecule has 2 atom stereocenters. The summed E-state index contributed by atoms with van der Waals surface area (Å²) in [6.07, 6.45) is 2.23. The minimum absolute atomic E-state index is 0.386. The van der Waals surface area contributed by atoms with Crippen LogP contribution in [0.2, 0.25) is 0 Å². The fraction of sp³-hybridized carbons (Fsp3) is 0.600. The molecule has 2 unspecified atom stereocenters. The molecular formula is C15H24N4O. The Bertz CT molecular complexity index is 515. The van der Waals surface area contributed by atoms with E-state index in [9.17, 15) is 4.79 Å². The maximum atomic E-state index is 11.8. The van der Waals surface area contributed by atoms with Crippen molar-refractivity contribution in [2.45, 2.75) is 39.7 Å². The molecule has 1 aromatic rings. The van der Waals surface area contributed by atoms with Gasteiger partial charge in [0.25, 0.3) is 5.91 Å². The summed E-state index contributed by atoms with van der Waals surface area (Å²) < 4.78 is 0. The molecule has 5 heteroatoms. The summed E-state index contributed by atoms with van der Waals surface area (Å²) in [6.45, 7) is 7.52. The number of rotatable bonds is 3. The van der Waals surface area contributed by atoms with Gasteiger partial charge < -0.3 is 16.4 Å². The van der Waals surface area contributed by atoms with Gasteiger partial charge in [-0.2, -0.15) is 0 Å². The van der Waals surface area contributed by atoms with Gasteiger partial charge in [0.05, 0.1) is 16.9 Å². The lowest BCUT2D eigenvalue weighted by molar-refractivity contribution is 0.0999. The van der Waals surface area contributed by atoms with E-state index < -0.39 is 5.91 Å². The van der Waals surface area contributed by atoms with Crippen LogP contribution < -0.4 is 16.4 Å². The normalized spacial score (nSPS) is 22.9. The molecule has 2 rings (SSSR count). The highest BCUT2D eigenvalue weighted by molar-refractivity contribution is 5.99. The SMILES string of the molecule is Cc1cc(N2CC(CN)CCC2C)c(C(N)=O)c(C)n1. The predicted molar refractivity (Wildman–Crippen MR) is 80.8 cm³/mol. The van der Waals surface area contributed by atoms with Gasteiger partial charge >= 0.3 is 0 Å². The van der Waals surface area contributed by atoms with Gasteiger partial charge in [-0.1, -0.05) is 0 Å². The molecule has 4 N–H and O–H groups in total. The van der Waals surface area contributed by atoms with E-state index in [1.54, 1.807) is 0 Å². The molecule has 1 amide bonds. The summed E-state index contributed by atoms with van der Waals surface area (Å²) in [7, 11) is 0. The number of nitrogens with zero attached hydrogens (tertiary/aromatic N) is 2. The third kappa shape index (κ3) is 2.77. The van der Waals surface area contributed by atoms with Crippen LogP contribution in [-0.2, 0) is 0 Å². The van der Waals surface area contributed by atoms with Gasteiger partial charge in [0, 0.05) is 18.3 Å². The predicted octanol–water partition coefficient (Wildman–Crippen LogP) is 1.36. The summed E-state index contributed by atoms with van der Waals surface area (Å²) in [6, 6.07) is 2.35. The molecular weight excluding hydrogens is 252 g/mol. The topological polar surface area (TPSA) is 85.2 Å². The first-order valence-electron chi connectivity index (χ1n) is 7.18. The standard InChI is InChI=1S/C15H24N4O/c1-9-6-13(14(15(17)20)11(3)18-9)19-8-12(7-16)5-4-10(19)2/h6,10,12H,4-5,7-8,16H2,1-3H3,(H2,17,20). The number of piperidine rings is 1. The van der Waals surface area contributed by atoms with Crippen LogP contribution in [-0.4, -0.2) is 30.0 Å². The second-order valence-corrected chi connectivity index (χ2v) is 5.79. The average Bonchev–Trinajstić information content (AvgIpc) is 2.37. The number of amides is 1. The number of aryl methyl sites for hydroxylation is 2. The number of primary amides is 1. The smallest absolute Gasteiger partial charge is 0.252 e. The number of carbonyl (C=O) groups is 1. The van der Waals surface area contributed by atoms with Crippen LogP contribution in [0.25, 0.3) is 0 Å². The van der Waals surface area contributed by atoms with Crippen molar-refractivity contribution in [3.8, 4) is 0 Å². The van der Waals surface area contributed by atoms with E-state index in [1.807, 2.05) is 19.9 Å². The van der Waals surface area contributed by atoms with Crippen molar-refractivity contribution in [3.63, 3.8) is 0 Å². The van der Waals surface area contributed by atoms with E-state index >= 15 is 0 Å². The van der Waals surface area contributed by atoms with Crippen molar-refractivity contribution in [1.29, 1.82) is 0 Å². The van der Waals surface area contributed by atoms with E-state index in [2.05, 4.69) is 16.8 Å². The van der Waals surface area contributed by atoms with Crippen LogP contribution in [0, 0.1) is 19.8 Å². The highest BCUT2D eigenvalue weighted by Crippen LogP contribution is 2.31. The van der Waals surface area contributed by atoms with Gasteiger partial charge in [0.15, 0.2) is 0 Å². The monoisotopic (exact) mass is 276 g/mol. The molecule has 110 valence electrons. The lowest BCUT2D eigenvalue weighted by atomic mass is 9.92. The fourth-order valence-electron chi connectivity index (χ4n) is 3.05. The van der Waals surface area contributed by atoms with Crippen molar-refractivity contribution >= 4 is 11.6 Å². The molecule has 0 aromatic carbocycles. The third-order valence-corrected chi connectivity index (χ3v) is 4.18. The summed E-state index contributed by atoms with van der Waals surface area (Å²) in [4.78, 5) is 18.4. The summed E-state index contributed by atoms with van der Waals surface area (Å²) in [5, 5.41) is 0. The van der Waals surface area contributed by atoms with Crippen LogP contribution in [0.1, 0.15) is 41.5 Å². The number of hydrogen-bond donors (Lipinski definition) is 2. The van der Waals surface area contributed by atoms with Crippen molar-refractivity contribution in [3.05, 3.63) is 23.0 Å². The zero-order chi connectivity index (χ0) is 14.9. The minimum atomic E-state index is -0.410. The zero-order valence-corrected chi connectivity index (χ0v) is 12.5. The largest absolute Gasteiger partial charge is 0.368 e. The molecule has 1 saturated heterocycles. The van der Waals surface area contributed by atoms with Gasteiger partial charge in [0.2, 0.25) is 0 Å². The molecule has 20 heavy (non-hydrogen) atoms. The van der Waals surface area contributed by atoms with E-state index in [-0.39, 0.29) is 0 Å². The van der Waals surface area contributed by atoms with Gasteiger partial charge in [-0.05, 0) is 52.1 Å². The first kappa shape index (κ1) is 14.8. The van der Waals surface area contributed by atoms with Crippen LogP contribution in [0.3, 0.4) is 0 Å². The summed E-state index contributed by atoms with van der Waals surface area (Å²) in [5.41, 5.74) is 14.4. The molecule has 1 aliphatic rings. The summed E-state index contributed by atoms with van der Waals surface area (Å²) >= 11 is 0. The van der Waals surface area contributed by atoms with Gasteiger partial charge in [-0.15, -0.1) is 0 Å². The van der Waals surface area contributed by atoms with Crippen LogP contribution in [0.5, 0.6) is 0 Å². The highest BCUT2D eigenvalue weighted by atomic mass is 16.1. The molecule has 1 aliphatic heterocycles. The van der Waals surface area contributed by atoms with Crippen molar-refractivity contribution in [1.82, 2.24) is 4.98 Å². The summed E-state index contributed by atoms with van der Waals surface area (Å²) in [5.74, 6) is 0.0628. The lowest BCUT2D eigenvalue weighted by Crippen LogP contribution is -2.45. The lowest BCUT2D eigenvalue weighted by Gasteiger charge is -2.40. The molecule has 0 saturated carbocycles. The molecule has 0 radical (unpaired) electrons. The molecule has 2 heterocycles. The number of aromatic nitrogens is 1. The Morgan fingerprint density at radius 1 is 1.45 bits per heavy atom. The Balaban J connectivity index is 2.47. The van der Waals surface area contributed by atoms with Crippen LogP contribution in [0.15, 0.2) is 6.07 Å². The van der Waals surface area contributed by atoms with Crippen LogP contribution in [0.4, 0.5) is 5.69 Å². The van der Waals surface area contributed by atoms with Crippen molar-refractivity contribution in [2.75, 3.05) is 18.0 Å². The van der Waals surface area contributed by atoms with Crippen LogP contribution >= 0.6 is 0 Å². The van der Waals surface area contributed by atoms with Gasteiger partial charge in [-0.25, -0.2) is 0 Å². The number of anilines is 1. The fourth-order valence-corrected chi connectivity index (χ4v) is 3.05. The van der Waals surface area contributed by atoms with E-state index in [0.717, 1.165) is 30.8 Å². The minimum Gasteiger partial charge on any atom is -0.368 e. The van der Waals surface area contributed by atoms with E-state index in [4.69, 9.17) is 11.5 Å². The second kappa shape index (κ2) is 5.79. The average molecular weight is 276 g/mol. The first-order valence-corrected chi connectivity index (χ1v) is 7.18. The maximum absolute atomic E-state index is 11.8. The van der Waals surface area contributed by atoms with E-state index in [1.165, 1.54) is 0 Å². The van der Waals surface area contributed by atoms with Crippen molar-refractivity contribution in [2.24, 2.45) is 17.4 Å². The Morgan fingerprint density at radius 3 is 2.75 bits per heavy atom. The Hall–Kier alpha value is -1.62. The Morgan fingerprint density at radius 2 is 2.15 bits per heavy atom. The maximum Gasteiger partial charge on any atom is 0.252 e. The number of nitrogens with two attached hydrogens (primary N) is 2. The highest BCUT2D eigenvalue weighted by Gasteiger charge is 2.28. The second-order valence-electron chi connectivity index (χ2n) is 5.79. The van der Waals surface area contributed by atoms with Crippen molar-refractivity contribution < 1.29 is 4.79 Å². The number of hydrogen-bond acceptors (Lipinski definition) is 4. The Labute approximate surface area is 120 Å². The van der Waals surface area contributed by atoms with Gasteiger partial charge in [0.1, 0.15) is 0 Å². The number of carbonyl (C=O) groups excluding carboxylic acids is 1. The molecule has 0 spiro atoms. The molecule has 1 aromatic heterocycles. The Kier molecular flexibility index (Phi) is 4.28. The number of pyridine rings is 1. The molecule has 0 bridgehead atoms. The van der Waals surface area contributed by atoms with Gasteiger partial charge in [-0.3, -0.25) is 9.78 Å². The molecule has 1 fully saturated rings. The molecule has 0 aliphatic carbocycles. The van der Waals surface area contributed by atoms with E-state index in [0.29, 0.717) is 29.8 Å². The quantitative estimate of drug-likeness (QED) is 0.873. The third-order valence-electron chi connectivity index (χ3n) is 4.18. The zero-order valence-electron chi connectivity index (χ0n) is 12.5. The first-order chi connectivity index (χ1) is 9.43.